The fourth-order valence-corrected chi connectivity index (χ4v) is 2.89. The zero-order valence-corrected chi connectivity index (χ0v) is 12.9. The molecule has 0 saturated heterocycles. The Bertz CT molecular complexity index is 563. The number of hydrogen-bond donors (Lipinski definition) is 1. The Labute approximate surface area is 123 Å². The number of para-hydroxylation sites is 1. The third-order valence-electron chi connectivity index (χ3n) is 3.55. The molecule has 4 nitrogen and oxygen atoms in total. The van der Waals surface area contributed by atoms with Crippen LogP contribution in [0.2, 0.25) is 0 Å². The van der Waals surface area contributed by atoms with Gasteiger partial charge in [-0.3, -0.25) is 4.79 Å². The normalized spacial score (nSPS) is 14.2. The highest BCUT2D eigenvalue weighted by molar-refractivity contribution is 7.18. The summed E-state index contributed by atoms with van der Waals surface area (Å²) in [5, 5.41) is 4.47. The number of esters is 1. The third-order valence-corrected chi connectivity index (χ3v) is 4.58. The molecule has 2 aromatic rings. The van der Waals surface area contributed by atoms with Crippen LogP contribution in [0.15, 0.2) is 24.3 Å². The smallest absolute Gasteiger partial charge is 0.307 e. The summed E-state index contributed by atoms with van der Waals surface area (Å²) in [5.74, 6) is -0.189. The topological polar surface area (TPSA) is 51.2 Å². The number of nitrogens with zero attached hydrogens (tertiary/aromatic N) is 1. The lowest BCUT2D eigenvalue weighted by molar-refractivity contribution is -0.142. The molecule has 0 aliphatic carbocycles. The number of benzene rings is 1. The van der Waals surface area contributed by atoms with Gasteiger partial charge in [0.1, 0.15) is 5.01 Å². The van der Waals surface area contributed by atoms with E-state index in [1.54, 1.807) is 11.3 Å². The van der Waals surface area contributed by atoms with Crippen LogP contribution in [-0.2, 0) is 16.1 Å². The molecule has 0 aliphatic heterocycles. The van der Waals surface area contributed by atoms with Gasteiger partial charge in [-0.05, 0) is 25.5 Å². The number of carbonyl (C=O) groups is 1. The quantitative estimate of drug-likeness (QED) is 0.831. The van der Waals surface area contributed by atoms with Crippen LogP contribution < -0.4 is 5.32 Å². The maximum atomic E-state index is 11.5. The first-order valence-corrected chi connectivity index (χ1v) is 7.54. The third kappa shape index (κ3) is 3.55. The van der Waals surface area contributed by atoms with Crippen molar-refractivity contribution in [2.45, 2.75) is 38.8 Å². The average molecular weight is 292 g/mol. The van der Waals surface area contributed by atoms with E-state index in [1.807, 2.05) is 25.1 Å². The van der Waals surface area contributed by atoms with Crippen molar-refractivity contribution in [3.8, 4) is 0 Å². The van der Waals surface area contributed by atoms with Gasteiger partial charge in [0, 0.05) is 12.1 Å². The highest BCUT2D eigenvalue weighted by Crippen LogP contribution is 2.23. The number of hydrogen-bond acceptors (Lipinski definition) is 5. The van der Waals surface area contributed by atoms with Crippen molar-refractivity contribution in [3.05, 3.63) is 29.3 Å². The van der Waals surface area contributed by atoms with Gasteiger partial charge in [-0.15, -0.1) is 11.3 Å². The Balaban J connectivity index is 2.03. The summed E-state index contributed by atoms with van der Waals surface area (Å²) >= 11 is 1.68. The molecule has 1 aromatic heterocycles. The first kappa shape index (κ1) is 14.9. The molecule has 1 atom stereocenters. The summed E-state index contributed by atoms with van der Waals surface area (Å²) in [6.45, 7) is 4.77. The predicted octanol–water partition coefficient (Wildman–Crippen LogP) is 3.12. The van der Waals surface area contributed by atoms with E-state index < -0.39 is 0 Å². The van der Waals surface area contributed by atoms with Gasteiger partial charge in [-0.2, -0.15) is 0 Å². The van der Waals surface area contributed by atoms with Crippen LogP contribution in [0.25, 0.3) is 10.2 Å². The van der Waals surface area contributed by atoms with Crippen molar-refractivity contribution >= 4 is 27.5 Å². The molecule has 1 N–H and O–H groups in total. The fraction of sp³-hybridized carbons (Fsp3) is 0.467. The highest BCUT2D eigenvalue weighted by Gasteiger charge is 2.25. The lowest BCUT2D eigenvalue weighted by atomic mass is 9.94. The maximum Gasteiger partial charge on any atom is 0.307 e. The lowest BCUT2D eigenvalue weighted by Gasteiger charge is -2.28. The molecule has 5 heteroatoms. The van der Waals surface area contributed by atoms with E-state index in [4.69, 9.17) is 4.74 Å². The molecule has 2 rings (SSSR count). The van der Waals surface area contributed by atoms with E-state index in [9.17, 15) is 4.79 Å². The van der Waals surface area contributed by atoms with E-state index in [0.717, 1.165) is 16.9 Å². The Kier molecular flexibility index (Phi) is 4.73. The SMILES string of the molecule is CCC(C)(CC(=O)OC)NCc1nc2ccccc2s1. The Morgan fingerprint density at radius 3 is 2.85 bits per heavy atom. The van der Waals surface area contributed by atoms with E-state index in [1.165, 1.54) is 11.8 Å². The van der Waals surface area contributed by atoms with Crippen LogP contribution in [0.1, 0.15) is 31.7 Å². The molecule has 0 fully saturated rings. The number of ether oxygens (including phenoxy) is 1. The number of fused-ring (bicyclic) bond motifs is 1. The molecular weight excluding hydrogens is 272 g/mol. The molecular formula is C15H20N2O2S. The number of rotatable bonds is 6. The first-order valence-electron chi connectivity index (χ1n) is 6.72. The molecule has 20 heavy (non-hydrogen) atoms. The number of methoxy groups -OCH3 is 1. The van der Waals surface area contributed by atoms with Crippen molar-refractivity contribution in [1.29, 1.82) is 0 Å². The van der Waals surface area contributed by atoms with Crippen LogP contribution in [0.3, 0.4) is 0 Å². The largest absolute Gasteiger partial charge is 0.469 e. The minimum absolute atomic E-state index is 0.189. The van der Waals surface area contributed by atoms with Crippen molar-refractivity contribution < 1.29 is 9.53 Å². The summed E-state index contributed by atoms with van der Waals surface area (Å²) < 4.78 is 5.95. The van der Waals surface area contributed by atoms with Gasteiger partial charge in [0.25, 0.3) is 0 Å². The van der Waals surface area contributed by atoms with Crippen molar-refractivity contribution in [2.75, 3.05) is 7.11 Å². The standard InChI is InChI=1S/C15H20N2O2S/c1-4-15(2,9-14(18)19-3)16-10-13-17-11-7-5-6-8-12(11)20-13/h5-8,16H,4,9-10H2,1-3H3. The number of aromatic nitrogens is 1. The van der Waals surface area contributed by atoms with Gasteiger partial charge in [0.05, 0.1) is 23.7 Å². The maximum absolute atomic E-state index is 11.5. The molecule has 1 heterocycles. The van der Waals surface area contributed by atoms with Gasteiger partial charge in [-0.1, -0.05) is 19.1 Å². The monoisotopic (exact) mass is 292 g/mol. The summed E-state index contributed by atoms with van der Waals surface area (Å²) in [6.07, 6.45) is 1.22. The molecule has 0 bridgehead atoms. The molecule has 1 aromatic carbocycles. The Hall–Kier alpha value is -1.46. The van der Waals surface area contributed by atoms with Crippen LogP contribution >= 0.6 is 11.3 Å². The van der Waals surface area contributed by atoms with E-state index in [0.29, 0.717) is 13.0 Å². The molecule has 0 radical (unpaired) electrons. The van der Waals surface area contributed by atoms with Gasteiger partial charge in [0.2, 0.25) is 0 Å². The minimum atomic E-state index is -0.259. The zero-order chi connectivity index (χ0) is 14.6. The molecule has 108 valence electrons. The number of nitrogens with one attached hydrogen (secondary N) is 1. The minimum Gasteiger partial charge on any atom is -0.469 e. The van der Waals surface area contributed by atoms with Crippen LogP contribution in [0.4, 0.5) is 0 Å². The summed E-state index contributed by atoms with van der Waals surface area (Å²) in [7, 11) is 1.42. The first-order chi connectivity index (χ1) is 9.56. The van der Waals surface area contributed by atoms with Gasteiger partial charge in [-0.25, -0.2) is 4.98 Å². The van der Waals surface area contributed by atoms with Crippen molar-refractivity contribution in [2.24, 2.45) is 0 Å². The van der Waals surface area contributed by atoms with Gasteiger partial charge >= 0.3 is 5.97 Å². The van der Waals surface area contributed by atoms with Gasteiger partial charge < -0.3 is 10.1 Å². The lowest BCUT2D eigenvalue weighted by Crippen LogP contribution is -2.43. The van der Waals surface area contributed by atoms with E-state index >= 15 is 0 Å². The van der Waals surface area contributed by atoms with Crippen molar-refractivity contribution in [3.63, 3.8) is 0 Å². The van der Waals surface area contributed by atoms with Gasteiger partial charge in [0.15, 0.2) is 0 Å². The molecule has 0 saturated carbocycles. The molecule has 0 aliphatic rings. The summed E-state index contributed by atoms with van der Waals surface area (Å²) in [6, 6.07) is 8.10. The second-order valence-corrected chi connectivity index (χ2v) is 6.21. The average Bonchev–Trinajstić information content (AvgIpc) is 2.88. The zero-order valence-electron chi connectivity index (χ0n) is 12.1. The van der Waals surface area contributed by atoms with Crippen LogP contribution in [0.5, 0.6) is 0 Å². The number of thiazole rings is 1. The molecule has 0 amide bonds. The van der Waals surface area contributed by atoms with E-state index in [-0.39, 0.29) is 11.5 Å². The van der Waals surface area contributed by atoms with Crippen LogP contribution in [-0.4, -0.2) is 23.6 Å². The number of carbonyl (C=O) groups excluding carboxylic acids is 1. The molecule has 0 spiro atoms. The Morgan fingerprint density at radius 1 is 1.45 bits per heavy atom. The summed E-state index contributed by atoms with van der Waals surface area (Å²) in [5.41, 5.74) is 0.769. The Morgan fingerprint density at radius 2 is 2.20 bits per heavy atom. The molecule has 1 unspecified atom stereocenters. The fourth-order valence-electron chi connectivity index (χ4n) is 1.99. The highest BCUT2D eigenvalue weighted by atomic mass is 32.1. The van der Waals surface area contributed by atoms with Crippen molar-refractivity contribution in [1.82, 2.24) is 10.3 Å². The van der Waals surface area contributed by atoms with E-state index in [2.05, 4.69) is 23.3 Å². The predicted molar refractivity (Wildman–Crippen MR) is 81.8 cm³/mol. The second-order valence-electron chi connectivity index (χ2n) is 5.10. The van der Waals surface area contributed by atoms with Crippen LogP contribution in [0, 0.1) is 0 Å². The second kappa shape index (κ2) is 6.33. The summed E-state index contributed by atoms with van der Waals surface area (Å²) in [4.78, 5) is 16.1.